The molecule has 0 aliphatic rings. The molecule has 0 N–H and O–H groups in total. The SMILES string of the molecule is CC(Oc1ccccc1)(Oc1ccccn1)C(=O)Cl. The molecular formula is C14H12ClNO3. The van der Waals surface area contributed by atoms with Crippen LogP contribution in [0, 0.1) is 0 Å². The molecule has 5 heteroatoms. The Labute approximate surface area is 115 Å². The van der Waals surface area contributed by atoms with Crippen molar-refractivity contribution in [3.8, 4) is 11.6 Å². The maximum atomic E-state index is 11.6. The van der Waals surface area contributed by atoms with Gasteiger partial charge < -0.3 is 9.47 Å². The number of halogens is 1. The number of pyridine rings is 1. The molecule has 1 aromatic carbocycles. The molecule has 0 amide bonds. The molecule has 4 nitrogen and oxygen atoms in total. The summed E-state index contributed by atoms with van der Waals surface area (Å²) in [6, 6.07) is 13.9. The van der Waals surface area contributed by atoms with E-state index in [0.717, 1.165) is 0 Å². The molecule has 0 fully saturated rings. The Morgan fingerprint density at radius 2 is 1.79 bits per heavy atom. The summed E-state index contributed by atoms with van der Waals surface area (Å²) in [5, 5.41) is -0.762. The van der Waals surface area contributed by atoms with E-state index < -0.39 is 11.0 Å². The first kappa shape index (κ1) is 13.4. The van der Waals surface area contributed by atoms with Crippen LogP contribution in [0.1, 0.15) is 6.92 Å². The minimum Gasteiger partial charge on any atom is -0.445 e. The van der Waals surface area contributed by atoms with Crippen molar-refractivity contribution in [2.45, 2.75) is 12.7 Å². The van der Waals surface area contributed by atoms with Gasteiger partial charge in [0.1, 0.15) is 5.75 Å². The van der Waals surface area contributed by atoms with E-state index in [4.69, 9.17) is 21.1 Å². The lowest BCUT2D eigenvalue weighted by atomic mass is 10.3. The third kappa shape index (κ3) is 3.45. The number of carbonyl (C=O) groups excluding carboxylic acids is 1. The highest BCUT2D eigenvalue weighted by molar-refractivity contribution is 6.65. The van der Waals surface area contributed by atoms with Gasteiger partial charge in [0, 0.05) is 19.2 Å². The first-order valence-electron chi connectivity index (χ1n) is 5.64. The van der Waals surface area contributed by atoms with Crippen molar-refractivity contribution in [1.29, 1.82) is 0 Å². The Bertz CT molecular complexity index is 504. The van der Waals surface area contributed by atoms with Crippen LogP contribution in [0.3, 0.4) is 0 Å². The van der Waals surface area contributed by atoms with Crippen LogP contribution < -0.4 is 9.47 Å². The summed E-state index contributed by atoms with van der Waals surface area (Å²) in [7, 11) is 0. The first-order valence-corrected chi connectivity index (χ1v) is 6.02. The third-order valence-corrected chi connectivity index (χ3v) is 2.69. The fourth-order valence-electron chi connectivity index (χ4n) is 1.42. The molecule has 0 bridgehead atoms. The van der Waals surface area contributed by atoms with Gasteiger partial charge in [0.05, 0.1) is 0 Å². The summed E-state index contributed by atoms with van der Waals surface area (Å²) in [6.45, 7) is 1.45. The van der Waals surface area contributed by atoms with Gasteiger partial charge in [0.25, 0.3) is 0 Å². The molecule has 0 spiro atoms. The van der Waals surface area contributed by atoms with E-state index >= 15 is 0 Å². The van der Waals surface area contributed by atoms with Crippen LogP contribution in [0.2, 0.25) is 0 Å². The van der Waals surface area contributed by atoms with E-state index in [0.29, 0.717) is 5.75 Å². The number of hydrogen-bond acceptors (Lipinski definition) is 4. The van der Waals surface area contributed by atoms with Crippen LogP contribution in [-0.2, 0) is 4.79 Å². The normalized spacial score (nSPS) is 13.4. The van der Waals surface area contributed by atoms with E-state index in [9.17, 15) is 4.79 Å². The van der Waals surface area contributed by atoms with Crippen molar-refractivity contribution in [2.24, 2.45) is 0 Å². The largest absolute Gasteiger partial charge is 0.445 e. The van der Waals surface area contributed by atoms with Crippen LogP contribution in [0.15, 0.2) is 54.7 Å². The van der Waals surface area contributed by atoms with Gasteiger partial charge in [-0.25, -0.2) is 4.98 Å². The van der Waals surface area contributed by atoms with Crippen molar-refractivity contribution in [3.05, 3.63) is 54.7 Å². The summed E-state index contributed by atoms with van der Waals surface area (Å²) >= 11 is 5.57. The maximum Gasteiger partial charge on any atom is 0.325 e. The number of rotatable bonds is 5. The lowest BCUT2D eigenvalue weighted by Crippen LogP contribution is -2.45. The summed E-state index contributed by atoms with van der Waals surface area (Å²) in [4.78, 5) is 15.5. The average Bonchev–Trinajstić information content (AvgIpc) is 2.40. The molecule has 19 heavy (non-hydrogen) atoms. The van der Waals surface area contributed by atoms with E-state index in [-0.39, 0.29) is 5.88 Å². The number of nitrogens with zero attached hydrogens (tertiary/aromatic N) is 1. The zero-order valence-corrected chi connectivity index (χ0v) is 11.0. The van der Waals surface area contributed by atoms with Crippen LogP contribution >= 0.6 is 11.6 Å². The van der Waals surface area contributed by atoms with Crippen LogP contribution in [0.25, 0.3) is 0 Å². The van der Waals surface area contributed by atoms with E-state index in [1.807, 2.05) is 6.07 Å². The van der Waals surface area contributed by atoms with Crippen molar-refractivity contribution in [2.75, 3.05) is 0 Å². The molecule has 0 saturated heterocycles. The van der Waals surface area contributed by atoms with Crippen LogP contribution in [0.5, 0.6) is 11.6 Å². The third-order valence-electron chi connectivity index (χ3n) is 2.35. The molecule has 1 unspecified atom stereocenters. The molecule has 1 aromatic heterocycles. The topological polar surface area (TPSA) is 48.4 Å². The van der Waals surface area contributed by atoms with Gasteiger partial charge in [-0.3, -0.25) is 4.79 Å². The lowest BCUT2D eigenvalue weighted by Gasteiger charge is -2.26. The zero-order chi connectivity index (χ0) is 13.7. The first-order chi connectivity index (χ1) is 9.10. The van der Waals surface area contributed by atoms with Gasteiger partial charge in [-0.15, -0.1) is 0 Å². The summed E-state index contributed by atoms with van der Waals surface area (Å²) < 4.78 is 11.0. The number of carbonyl (C=O) groups is 1. The molecule has 1 atom stereocenters. The fourth-order valence-corrected chi connectivity index (χ4v) is 1.50. The summed E-state index contributed by atoms with van der Waals surface area (Å²) in [5.74, 6) is -0.887. The van der Waals surface area contributed by atoms with Gasteiger partial charge in [-0.2, -0.15) is 0 Å². The monoisotopic (exact) mass is 277 g/mol. The molecule has 0 aliphatic carbocycles. The highest BCUT2D eigenvalue weighted by Crippen LogP contribution is 2.23. The zero-order valence-electron chi connectivity index (χ0n) is 10.2. The van der Waals surface area contributed by atoms with E-state index in [1.165, 1.54) is 6.92 Å². The van der Waals surface area contributed by atoms with E-state index in [1.54, 1.807) is 48.7 Å². The quantitative estimate of drug-likeness (QED) is 0.623. The Balaban J connectivity index is 2.21. The Morgan fingerprint density at radius 3 is 2.37 bits per heavy atom. The number of benzene rings is 1. The maximum absolute atomic E-state index is 11.6. The van der Waals surface area contributed by atoms with Gasteiger partial charge in [-0.1, -0.05) is 24.3 Å². The standard InChI is InChI=1S/C14H12ClNO3/c1-14(13(15)17,18-11-7-3-2-4-8-11)19-12-9-5-6-10-16-12/h2-10H,1H3. The molecule has 98 valence electrons. The van der Waals surface area contributed by atoms with Gasteiger partial charge in [0.2, 0.25) is 5.88 Å². The van der Waals surface area contributed by atoms with E-state index in [2.05, 4.69) is 4.98 Å². The summed E-state index contributed by atoms with van der Waals surface area (Å²) in [6.07, 6.45) is 1.55. The van der Waals surface area contributed by atoms with Crippen LogP contribution in [-0.4, -0.2) is 16.0 Å². The highest BCUT2D eigenvalue weighted by atomic mass is 35.5. The highest BCUT2D eigenvalue weighted by Gasteiger charge is 2.37. The van der Waals surface area contributed by atoms with Crippen molar-refractivity contribution < 1.29 is 14.3 Å². The molecule has 0 radical (unpaired) electrons. The predicted octanol–water partition coefficient (Wildman–Crippen LogP) is 3.02. The second-order valence-electron chi connectivity index (χ2n) is 3.90. The predicted molar refractivity (Wildman–Crippen MR) is 71.2 cm³/mol. The van der Waals surface area contributed by atoms with Crippen molar-refractivity contribution >= 4 is 16.8 Å². The number of para-hydroxylation sites is 1. The minimum absolute atomic E-state index is 0.259. The van der Waals surface area contributed by atoms with Gasteiger partial charge >= 0.3 is 11.0 Å². The fraction of sp³-hybridized carbons (Fsp3) is 0.143. The smallest absolute Gasteiger partial charge is 0.325 e. The Morgan fingerprint density at radius 1 is 1.11 bits per heavy atom. The van der Waals surface area contributed by atoms with Crippen molar-refractivity contribution in [1.82, 2.24) is 4.98 Å². The Hall–Kier alpha value is -2.07. The number of ether oxygens (including phenoxy) is 2. The summed E-state index contributed by atoms with van der Waals surface area (Å²) in [5.41, 5.74) is 0. The van der Waals surface area contributed by atoms with Crippen molar-refractivity contribution in [3.63, 3.8) is 0 Å². The number of aromatic nitrogens is 1. The Kier molecular flexibility index (Phi) is 4.02. The minimum atomic E-state index is -1.63. The molecule has 0 aliphatic heterocycles. The second-order valence-corrected chi connectivity index (χ2v) is 4.25. The molecule has 0 saturated carbocycles. The average molecular weight is 278 g/mol. The molecule has 2 rings (SSSR count). The molecule has 1 heterocycles. The molecule has 2 aromatic rings. The van der Waals surface area contributed by atoms with Gasteiger partial charge in [0.15, 0.2) is 0 Å². The van der Waals surface area contributed by atoms with Gasteiger partial charge in [-0.05, 0) is 29.8 Å². The van der Waals surface area contributed by atoms with Crippen LogP contribution in [0.4, 0.5) is 0 Å². The molecular weight excluding hydrogens is 266 g/mol. The number of hydrogen-bond donors (Lipinski definition) is 0. The second kappa shape index (κ2) is 5.71. The lowest BCUT2D eigenvalue weighted by molar-refractivity contribution is -0.150.